The molecule has 0 aliphatic heterocycles. The fraction of sp³-hybridized carbons (Fsp3) is 0.545. The van der Waals surface area contributed by atoms with Crippen molar-refractivity contribution in [2.24, 2.45) is 5.41 Å². The molecule has 1 aliphatic rings. The Kier molecular flexibility index (Phi) is 10.7. The van der Waals surface area contributed by atoms with Crippen molar-refractivity contribution < 1.29 is 21.7 Å². The third kappa shape index (κ3) is 4.84. The van der Waals surface area contributed by atoms with Crippen LogP contribution in [0.15, 0.2) is 28.9 Å². The van der Waals surface area contributed by atoms with Crippen LogP contribution in [0.1, 0.15) is 90.8 Å². The summed E-state index contributed by atoms with van der Waals surface area (Å²) in [5.74, 6) is 1.02. The van der Waals surface area contributed by atoms with Gasteiger partial charge in [-0.05, 0) is 38.2 Å². The van der Waals surface area contributed by atoms with Crippen LogP contribution >= 0.6 is 24.8 Å². The molecular formula is C22H33Cl2Ti-. The van der Waals surface area contributed by atoms with E-state index >= 15 is 0 Å². The quantitative estimate of drug-likeness (QED) is 0.350. The summed E-state index contributed by atoms with van der Waals surface area (Å²) < 4.78 is 0. The number of benzene rings is 1. The monoisotopic (exact) mass is 415 g/mol. The van der Waals surface area contributed by atoms with Gasteiger partial charge in [-0.1, -0.05) is 58.3 Å². The molecular weight excluding hydrogens is 383 g/mol. The number of rotatable bonds is 3. The van der Waals surface area contributed by atoms with Crippen LogP contribution in [0.4, 0.5) is 0 Å². The second-order valence-electron chi connectivity index (χ2n) is 7.93. The van der Waals surface area contributed by atoms with Crippen LogP contribution in [0.25, 0.3) is 5.57 Å². The van der Waals surface area contributed by atoms with E-state index in [-0.39, 0.29) is 51.9 Å². The van der Waals surface area contributed by atoms with Gasteiger partial charge in [0.15, 0.2) is 0 Å². The summed E-state index contributed by atoms with van der Waals surface area (Å²) in [6, 6.07) is 8.33. The molecule has 0 radical (unpaired) electrons. The van der Waals surface area contributed by atoms with E-state index in [0.29, 0.717) is 11.8 Å². The molecule has 0 unspecified atom stereocenters. The van der Waals surface area contributed by atoms with Gasteiger partial charge in [-0.25, -0.2) is 0 Å². The number of allylic oxidation sites excluding steroid dienone is 4. The van der Waals surface area contributed by atoms with Gasteiger partial charge >= 0.3 is 0 Å². The molecule has 0 heterocycles. The van der Waals surface area contributed by atoms with Gasteiger partial charge in [0.25, 0.3) is 0 Å². The van der Waals surface area contributed by atoms with Crippen molar-refractivity contribution in [1.82, 2.24) is 0 Å². The van der Waals surface area contributed by atoms with Crippen molar-refractivity contribution in [2.75, 3.05) is 0 Å². The minimum absolute atomic E-state index is 0. The largest absolute Gasteiger partial charge is 0.176 e. The zero-order valence-corrected chi connectivity index (χ0v) is 20.3. The van der Waals surface area contributed by atoms with Crippen molar-refractivity contribution in [2.45, 2.75) is 74.1 Å². The molecule has 1 aromatic carbocycles. The molecule has 0 N–H and O–H groups in total. The average molecular weight is 416 g/mol. The first kappa shape index (κ1) is 27.2. The van der Waals surface area contributed by atoms with Gasteiger partial charge in [0, 0.05) is 27.1 Å². The van der Waals surface area contributed by atoms with Gasteiger partial charge in [-0.2, -0.15) is 29.3 Å². The topological polar surface area (TPSA) is 0 Å². The van der Waals surface area contributed by atoms with E-state index in [9.17, 15) is 0 Å². The van der Waals surface area contributed by atoms with Crippen molar-refractivity contribution in [1.29, 1.82) is 0 Å². The molecule has 0 atom stereocenters. The molecule has 0 fully saturated rings. The Morgan fingerprint density at radius 2 is 1.36 bits per heavy atom. The van der Waals surface area contributed by atoms with E-state index in [1.807, 2.05) is 0 Å². The third-order valence-electron chi connectivity index (χ3n) is 5.53. The molecule has 25 heavy (non-hydrogen) atoms. The Morgan fingerprint density at radius 1 is 0.840 bits per heavy atom. The van der Waals surface area contributed by atoms with E-state index in [0.717, 1.165) is 0 Å². The van der Waals surface area contributed by atoms with Crippen LogP contribution < -0.4 is 0 Å². The molecule has 0 bridgehead atoms. The molecule has 1 aliphatic carbocycles. The summed E-state index contributed by atoms with van der Waals surface area (Å²) in [6.07, 6.45) is 0. The van der Waals surface area contributed by atoms with E-state index in [2.05, 4.69) is 80.5 Å². The maximum Gasteiger partial charge on any atom is 0.000353 e. The van der Waals surface area contributed by atoms with E-state index in [1.54, 1.807) is 0 Å². The molecule has 0 spiro atoms. The second kappa shape index (κ2) is 9.79. The molecule has 0 saturated heterocycles. The molecule has 3 heteroatoms. The molecule has 0 aromatic heterocycles. The Bertz CT molecular complexity index is 665. The fourth-order valence-corrected chi connectivity index (χ4v) is 3.67. The molecule has 140 valence electrons. The van der Waals surface area contributed by atoms with E-state index < -0.39 is 0 Å². The van der Waals surface area contributed by atoms with Crippen LogP contribution in [0, 0.1) is 11.5 Å². The average Bonchev–Trinajstić information content (AvgIpc) is 2.58. The summed E-state index contributed by atoms with van der Waals surface area (Å²) in [5.41, 5.74) is 10.1. The third-order valence-corrected chi connectivity index (χ3v) is 5.53. The summed E-state index contributed by atoms with van der Waals surface area (Å²) >= 11 is 0. The minimum Gasteiger partial charge on any atom is -0.176 e. The van der Waals surface area contributed by atoms with Crippen molar-refractivity contribution in [3.05, 3.63) is 51.6 Å². The van der Waals surface area contributed by atoms with Gasteiger partial charge in [-0.3, -0.25) is 0 Å². The zero-order chi connectivity index (χ0) is 16.8. The summed E-state index contributed by atoms with van der Waals surface area (Å²) in [6.45, 7) is 20.6. The van der Waals surface area contributed by atoms with Crippen molar-refractivity contribution in [3.63, 3.8) is 0 Å². The number of hydrogen-bond acceptors (Lipinski definition) is 0. The molecule has 2 rings (SSSR count). The predicted molar refractivity (Wildman–Crippen MR) is 113 cm³/mol. The standard InChI is InChI=1S/C22H31.2ClH.Ti/c1-13(2)18-10-11-19(20(12-18)14(3)4)21-16(6)15(5)17(7)22(21,8)9;;;/h10-11,13-14H,1-9H3;2*1H;/q-1;;;. The van der Waals surface area contributed by atoms with Gasteiger partial charge in [0.1, 0.15) is 0 Å². The SMILES string of the molecule is CC1=C(C)C(C)(C)C(c2ccc(C(C)C)[c-]c2C(C)C)=C1C.Cl.Cl.[Ti]. The molecule has 0 nitrogen and oxygen atoms in total. The zero-order valence-electron chi connectivity index (χ0n) is 17.1. The minimum atomic E-state index is 0. The number of halogens is 2. The van der Waals surface area contributed by atoms with Crippen LogP contribution in [-0.4, -0.2) is 0 Å². The molecule has 0 saturated carbocycles. The van der Waals surface area contributed by atoms with Gasteiger partial charge in [0.05, 0.1) is 0 Å². The van der Waals surface area contributed by atoms with Gasteiger partial charge in [-0.15, -0.1) is 30.4 Å². The van der Waals surface area contributed by atoms with Crippen LogP contribution in [0.5, 0.6) is 0 Å². The van der Waals surface area contributed by atoms with Crippen LogP contribution in [0.3, 0.4) is 0 Å². The maximum atomic E-state index is 3.72. The molecule has 1 aromatic rings. The Balaban J connectivity index is 0. The smallest absolute Gasteiger partial charge is 0.000353 e. The Morgan fingerprint density at radius 3 is 1.72 bits per heavy atom. The van der Waals surface area contributed by atoms with E-state index in [1.165, 1.54) is 39.0 Å². The van der Waals surface area contributed by atoms with Crippen LogP contribution in [-0.2, 0) is 21.7 Å². The number of hydrogen-bond donors (Lipinski definition) is 0. The first-order valence-corrected chi connectivity index (χ1v) is 8.55. The van der Waals surface area contributed by atoms with Crippen molar-refractivity contribution >= 4 is 30.4 Å². The normalized spacial score (nSPS) is 16.0. The Labute approximate surface area is 182 Å². The Hall–Kier alpha value is -0.00571. The van der Waals surface area contributed by atoms with Gasteiger partial charge < -0.3 is 0 Å². The first-order valence-electron chi connectivity index (χ1n) is 8.55. The summed E-state index contributed by atoms with van der Waals surface area (Å²) in [4.78, 5) is 0. The fourth-order valence-electron chi connectivity index (χ4n) is 3.67. The first-order chi connectivity index (χ1) is 10.1. The van der Waals surface area contributed by atoms with Crippen molar-refractivity contribution in [3.8, 4) is 0 Å². The summed E-state index contributed by atoms with van der Waals surface area (Å²) in [7, 11) is 0. The predicted octanol–water partition coefficient (Wildman–Crippen LogP) is 7.72. The summed E-state index contributed by atoms with van der Waals surface area (Å²) in [5, 5.41) is 0. The van der Waals surface area contributed by atoms with E-state index in [4.69, 9.17) is 0 Å². The van der Waals surface area contributed by atoms with Gasteiger partial charge in [0.2, 0.25) is 0 Å². The molecule has 0 amide bonds. The maximum absolute atomic E-state index is 3.72. The second-order valence-corrected chi connectivity index (χ2v) is 7.93. The van der Waals surface area contributed by atoms with Crippen LogP contribution in [0.2, 0.25) is 0 Å².